The maximum absolute atomic E-state index is 12.3. The second kappa shape index (κ2) is 9.35. The van der Waals surface area contributed by atoms with Crippen molar-refractivity contribution < 1.29 is 14.4 Å². The molecule has 3 aromatic rings. The SMILES string of the molecule is C[NH+](C)[C@@H](CNC(=O)COc1ccccc1-c1ccccc1)c1cccs1. The second-order valence-corrected chi connectivity index (χ2v) is 7.58. The summed E-state index contributed by atoms with van der Waals surface area (Å²) in [4.78, 5) is 14.9. The van der Waals surface area contributed by atoms with Gasteiger partial charge in [0.2, 0.25) is 0 Å². The van der Waals surface area contributed by atoms with Crippen LogP contribution >= 0.6 is 11.3 Å². The summed E-state index contributed by atoms with van der Waals surface area (Å²) in [5, 5.41) is 5.07. The van der Waals surface area contributed by atoms with Gasteiger partial charge in [-0.1, -0.05) is 54.6 Å². The van der Waals surface area contributed by atoms with Gasteiger partial charge in [0.05, 0.1) is 25.5 Å². The zero-order valence-corrected chi connectivity index (χ0v) is 16.5. The molecule has 0 aliphatic heterocycles. The summed E-state index contributed by atoms with van der Waals surface area (Å²) in [6.07, 6.45) is 0. The molecule has 1 atom stereocenters. The Morgan fingerprint density at radius 3 is 2.48 bits per heavy atom. The smallest absolute Gasteiger partial charge is 0.258 e. The number of amides is 1. The predicted octanol–water partition coefficient (Wildman–Crippen LogP) is 2.80. The lowest BCUT2D eigenvalue weighted by molar-refractivity contribution is -0.890. The number of likely N-dealkylation sites (N-methyl/N-ethyl adjacent to an activating group) is 1. The highest BCUT2D eigenvalue weighted by Crippen LogP contribution is 2.29. The number of ether oxygens (including phenoxy) is 1. The van der Waals surface area contributed by atoms with Crippen molar-refractivity contribution in [2.24, 2.45) is 0 Å². The summed E-state index contributed by atoms with van der Waals surface area (Å²) < 4.78 is 5.82. The number of nitrogens with one attached hydrogen (secondary N) is 2. The number of thiophene rings is 1. The van der Waals surface area contributed by atoms with Crippen LogP contribution in [-0.2, 0) is 4.79 Å². The number of benzene rings is 2. The van der Waals surface area contributed by atoms with Crippen molar-refractivity contribution in [3.05, 3.63) is 77.0 Å². The zero-order chi connectivity index (χ0) is 19.1. The van der Waals surface area contributed by atoms with Gasteiger partial charge in [0.1, 0.15) is 11.8 Å². The van der Waals surface area contributed by atoms with Gasteiger partial charge in [0, 0.05) is 5.56 Å². The van der Waals surface area contributed by atoms with E-state index < -0.39 is 0 Å². The normalized spacial score (nSPS) is 12.0. The molecule has 1 aromatic heterocycles. The molecule has 0 saturated heterocycles. The topological polar surface area (TPSA) is 42.8 Å². The molecule has 0 aliphatic carbocycles. The largest absolute Gasteiger partial charge is 0.483 e. The first kappa shape index (κ1) is 19.1. The Bertz CT molecular complexity index is 848. The summed E-state index contributed by atoms with van der Waals surface area (Å²) >= 11 is 1.72. The first-order chi connectivity index (χ1) is 13.1. The van der Waals surface area contributed by atoms with Gasteiger partial charge in [-0.25, -0.2) is 0 Å². The van der Waals surface area contributed by atoms with E-state index in [1.807, 2.05) is 60.7 Å². The molecule has 0 aliphatic rings. The highest BCUT2D eigenvalue weighted by atomic mass is 32.1. The van der Waals surface area contributed by atoms with Crippen LogP contribution in [0.3, 0.4) is 0 Å². The molecule has 2 aromatic carbocycles. The Morgan fingerprint density at radius 1 is 1.04 bits per heavy atom. The fourth-order valence-corrected chi connectivity index (χ4v) is 3.89. The highest BCUT2D eigenvalue weighted by Gasteiger charge is 2.19. The van der Waals surface area contributed by atoms with E-state index in [2.05, 4.69) is 30.9 Å². The maximum atomic E-state index is 12.3. The lowest BCUT2D eigenvalue weighted by atomic mass is 10.1. The van der Waals surface area contributed by atoms with Crippen LogP contribution in [-0.4, -0.2) is 33.2 Å². The summed E-state index contributed by atoms with van der Waals surface area (Å²) in [7, 11) is 4.20. The summed E-state index contributed by atoms with van der Waals surface area (Å²) in [6, 6.07) is 22.2. The van der Waals surface area contributed by atoms with Crippen LogP contribution in [0.25, 0.3) is 11.1 Å². The minimum atomic E-state index is -0.110. The van der Waals surface area contributed by atoms with Crippen molar-refractivity contribution in [3.63, 3.8) is 0 Å². The van der Waals surface area contributed by atoms with E-state index in [0.717, 1.165) is 11.1 Å². The molecule has 27 heavy (non-hydrogen) atoms. The van der Waals surface area contributed by atoms with Crippen LogP contribution in [0.15, 0.2) is 72.1 Å². The summed E-state index contributed by atoms with van der Waals surface area (Å²) in [5.74, 6) is 0.604. The first-order valence-electron chi connectivity index (χ1n) is 9.02. The number of rotatable bonds is 8. The molecule has 140 valence electrons. The van der Waals surface area contributed by atoms with Gasteiger partial charge in [-0.2, -0.15) is 0 Å². The summed E-state index contributed by atoms with van der Waals surface area (Å²) in [5.41, 5.74) is 2.06. The lowest BCUT2D eigenvalue weighted by Gasteiger charge is -2.20. The number of hydrogen-bond donors (Lipinski definition) is 2. The van der Waals surface area contributed by atoms with Gasteiger partial charge in [0.15, 0.2) is 6.61 Å². The number of carbonyl (C=O) groups is 1. The molecule has 0 saturated carbocycles. The predicted molar refractivity (Wildman–Crippen MR) is 110 cm³/mol. The van der Waals surface area contributed by atoms with Crippen molar-refractivity contribution in [2.45, 2.75) is 6.04 Å². The Labute approximate surface area is 164 Å². The first-order valence-corrected chi connectivity index (χ1v) is 9.90. The van der Waals surface area contributed by atoms with Gasteiger partial charge in [0.25, 0.3) is 5.91 Å². The van der Waals surface area contributed by atoms with Crippen molar-refractivity contribution in [1.29, 1.82) is 0 Å². The average molecular weight is 382 g/mol. The van der Waals surface area contributed by atoms with E-state index in [9.17, 15) is 4.79 Å². The van der Waals surface area contributed by atoms with E-state index in [1.54, 1.807) is 11.3 Å². The van der Waals surface area contributed by atoms with Crippen LogP contribution < -0.4 is 15.0 Å². The molecular formula is C22H25N2O2S+. The monoisotopic (exact) mass is 381 g/mol. The van der Waals surface area contributed by atoms with E-state index >= 15 is 0 Å². The third-order valence-corrected chi connectivity index (χ3v) is 5.40. The Morgan fingerprint density at radius 2 is 1.78 bits per heavy atom. The molecule has 0 radical (unpaired) electrons. The molecule has 0 bridgehead atoms. The molecule has 3 rings (SSSR count). The molecular weight excluding hydrogens is 356 g/mol. The number of carbonyl (C=O) groups excluding carboxylic acids is 1. The molecule has 1 amide bonds. The molecule has 1 heterocycles. The Kier molecular flexibility index (Phi) is 6.63. The average Bonchev–Trinajstić information content (AvgIpc) is 3.21. The fraction of sp³-hybridized carbons (Fsp3) is 0.227. The fourth-order valence-electron chi connectivity index (χ4n) is 2.94. The molecule has 4 nitrogen and oxygen atoms in total. The van der Waals surface area contributed by atoms with Crippen LogP contribution in [0.2, 0.25) is 0 Å². The second-order valence-electron chi connectivity index (χ2n) is 6.60. The van der Waals surface area contributed by atoms with Crippen LogP contribution in [0.1, 0.15) is 10.9 Å². The Balaban J connectivity index is 1.58. The summed E-state index contributed by atoms with van der Waals surface area (Å²) in [6.45, 7) is 0.592. The minimum Gasteiger partial charge on any atom is -0.483 e. The lowest BCUT2D eigenvalue weighted by Crippen LogP contribution is -3.06. The molecule has 0 unspecified atom stereocenters. The molecule has 0 spiro atoms. The quantitative estimate of drug-likeness (QED) is 0.630. The number of quaternary nitrogens is 1. The van der Waals surface area contributed by atoms with Crippen molar-refractivity contribution in [2.75, 3.05) is 27.2 Å². The molecule has 5 heteroatoms. The van der Waals surface area contributed by atoms with E-state index in [4.69, 9.17) is 4.74 Å². The Hall–Kier alpha value is -2.63. The van der Waals surface area contributed by atoms with Gasteiger partial charge in [-0.05, 0) is 23.1 Å². The van der Waals surface area contributed by atoms with E-state index in [-0.39, 0.29) is 18.6 Å². The van der Waals surface area contributed by atoms with Crippen LogP contribution in [0.4, 0.5) is 0 Å². The minimum absolute atomic E-state index is 0.00374. The van der Waals surface area contributed by atoms with Crippen molar-refractivity contribution in [3.8, 4) is 16.9 Å². The molecule has 2 N–H and O–H groups in total. The van der Waals surface area contributed by atoms with Crippen molar-refractivity contribution in [1.82, 2.24) is 5.32 Å². The number of para-hydroxylation sites is 1. The third kappa shape index (κ3) is 5.18. The maximum Gasteiger partial charge on any atom is 0.258 e. The zero-order valence-electron chi connectivity index (χ0n) is 15.6. The van der Waals surface area contributed by atoms with E-state index in [1.165, 1.54) is 9.78 Å². The number of hydrogen-bond acceptors (Lipinski definition) is 3. The van der Waals surface area contributed by atoms with Crippen molar-refractivity contribution >= 4 is 17.2 Å². The van der Waals surface area contributed by atoms with E-state index in [0.29, 0.717) is 12.3 Å². The third-order valence-electron chi connectivity index (χ3n) is 4.42. The van der Waals surface area contributed by atoms with Crippen LogP contribution in [0, 0.1) is 0 Å². The van der Waals surface area contributed by atoms with Gasteiger partial charge in [-0.15, -0.1) is 11.3 Å². The van der Waals surface area contributed by atoms with Gasteiger partial charge in [-0.3, -0.25) is 4.79 Å². The highest BCUT2D eigenvalue weighted by molar-refractivity contribution is 7.10. The van der Waals surface area contributed by atoms with Crippen LogP contribution in [0.5, 0.6) is 5.75 Å². The van der Waals surface area contributed by atoms with Gasteiger partial charge < -0.3 is 15.0 Å². The molecule has 0 fully saturated rings. The van der Waals surface area contributed by atoms with Gasteiger partial charge >= 0.3 is 0 Å². The standard InChI is InChI=1S/C22H24N2O2S/c1-24(2)19(21-13-8-14-27-21)15-23-22(25)16-26-20-12-7-6-11-18(20)17-9-4-3-5-10-17/h3-14,19H,15-16H2,1-2H3,(H,23,25)/p+1/t19-/m0/s1.